The molecule has 1 atom stereocenters. The number of halogens is 1. The molecule has 0 spiro atoms. The molecule has 0 radical (unpaired) electrons. The van der Waals surface area contributed by atoms with Gasteiger partial charge in [0, 0.05) is 5.39 Å². The van der Waals surface area contributed by atoms with Crippen LogP contribution in [0.25, 0.3) is 10.9 Å². The first kappa shape index (κ1) is 18.9. The van der Waals surface area contributed by atoms with Gasteiger partial charge in [0.2, 0.25) is 5.91 Å². The van der Waals surface area contributed by atoms with Crippen molar-refractivity contribution in [2.75, 3.05) is 5.32 Å². The van der Waals surface area contributed by atoms with Crippen molar-refractivity contribution in [3.8, 4) is 0 Å². The van der Waals surface area contributed by atoms with Crippen LogP contribution in [0.5, 0.6) is 0 Å². The van der Waals surface area contributed by atoms with Gasteiger partial charge in [-0.3, -0.25) is 14.6 Å². The van der Waals surface area contributed by atoms with Crippen LogP contribution < -0.4 is 10.6 Å². The Bertz CT molecular complexity index is 988. The molecular weight excluding hydrogens is 362 g/mol. The van der Waals surface area contributed by atoms with Gasteiger partial charge in [0.05, 0.1) is 28.0 Å². The number of para-hydroxylation sites is 1. The first-order valence-electron chi connectivity index (χ1n) is 8.67. The summed E-state index contributed by atoms with van der Waals surface area (Å²) in [4.78, 5) is 29.6. The molecule has 2 N–H and O–H groups in total. The van der Waals surface area contributed by atoms with Crippen LogP contribution in [-0.2, 0) is 4.79 Å². The number of pyridine rings is 1. The fraction of sp³-hybridized carbons (Fsp3) is 0.190. The molecular formula is C21H20ClN3O2. The third kappa shape index (κ3) is 4.44. The number of nitrogens with one attached hydrogen (secondary N) is 2. The van der Waals surface area contributed by atoms with E-state index in [1.165, 1.54) is 0 Å². The van der Waals surface area contributed by atoms with Crippen LogP contribution in [0.3, 0.4) is 0 Å². The average molecular weight is 382 g/mol. The van der Waals surface area contributed by atoms with Crippen LogP contribution >= 0.6 is 11.6 Å². The molecule has 0 bridgehead atoms. The molecule has 3 rings (SSSR count). The van der Waals surface area contributed by atoms with E-state index in [0.29, 0.717) is 16.3 Å². The summed E-state index contributed by atoms with van der Waals surface area (Å²) in [6.07, 6.45) is 1.60. The molecule has 1 unspecified atom stereocenters. The van der Waals surface area contributed by atoms with E-state index in [1.807, 2.05) is 44.2 Å². The molecule has 2 amide bonds. The minimum absolute atomic E-state index is 0.107. The molecule has 0 aliphatic heterocycles. The fourth-order valence-corrected chi connectivity index (χ4v) is 2.98. The molecule has 0 saturated heterocycles. The summed E-state index contributed by atoms with van der Waals surface area (Å²) in [6, 6.07) is 15.5. The van der Waals surface area contributed by atoms with Crippen LogP contribution in [-0.4, -0.2) is 22.8 Å². The molecule has 27 heavy (non-hydrogen) atoms. The number of rotatable bonds is 5. The number of carbonyl (C=O) groups excluding carboxylic acids is 2. The molecule has 1 aromatic heterocycles. The van der Waals surface area contributed by atoms with Gasteiger partial charge in [0.15, 0.2) is 0 Å². The number of nitrogens with zero attached hydrogens (tertiary/aromatic N) is 1. The Hall–Kier alpha value is -2.92. The zero-order valence-corrected chi connectivity index (χ0v) is 15.8. The number of hydrogen-bond donors (Lipinski definition) is 2. The lowest BCUT2D eigenvalue weighted by Gasteiger charge is -2.22. The number of benzene rings is 2. The van der Waals surface area contributed by atoms with Crippen molar-refractivity contribution in [1.29, 1.82) is 0 Å². The molecule has 0 aliphatic carbocycles. The van der Waals surface area contributed by atoms with Crippen molar-refractivity contribution in [3.05, 3.63) is 71.4 Å². The Morgan fingerprint density at radius 1 is 1.04 bits per heavy atom. The highest BCUT2D eigenvalue weighted by molar-refractivity contribution is 6.33. The van der Waals surface area contributed by atoms with E-state index in [2.05, 4.69) is 15.6 Å². The Labute approximate surface area is 162 Å². The van der Waals surface area contributed by atoms with Crippen molar-refractivity contribution in [2.45, 2.75) is 19.9 Å². The van der Waals surface area contributed by atoms with E-state index < -0.39 is 6.04 Å². The predicted molar refractivity (Wildman–Crippen MR) is 108 cm³/mol. The van der Waals surface area contributed by atoms with Gasteiger partial charge in [-0.2, -0.15) is 0 Å². The standard InChI is InChI=1S/C21H20ClN3O2/c1-13(2)19(25-20(26)16-8-4-5-9-17(16)22)21(27)24-15-11-14-7-3-6-10-18(14)23-12-15/h3-13,19H,1-2H3,(H,24,27)(H,25,26). The quantitative estimate of drug-likeness (QED) is 0.692. The van der Waals surface area contributed by atoms with Crippen LogP contribution in [0, 0.1) is 5.92 Å². The van der Waals surface area contributed by atoms with Gasteiger partial charge < -0.3 is 10.6 Å². The van der Waals surface area contributed by atoms with Crippen molar-refractivity contribution in [3.63, 3.8) is 0 Å². The van der Waals surface area contributed by atoms with Gasteiger partial charge in [0.25, 0.3) is 5.91 Å². The molecule has 0 fully saturated rings. The summed E-state index contributed by atoms with van der Waals surface area (Å²) in [6.45, 7) is 3.74. The predicted octanol–water partition coefficient (Wildman–Crippen LogP) is 4.28. The minimum atomic E-state index is -0.708. The Morgan fingerprint density at radius 3 is 2.48 bits per heavy atom. The smallest absolute Gasteiger partial charge is 0.253 e. The number of fused-ring (bicyclic) bond motifs is 1. The van der Waals surface area contributed by atoms with Crippen molar-refractivity contribution in [2.24, 2.45) is 5.92 Å². The molecule has 0 aliphatic rings. The van der Waals surface area contributed by atoms with E-state index in [4.69, 9.17) is 11.6 Å². The Kier molecular flexibility index (Phi) is 5.72. The molecule has 5 nitrogen and oxygen atoms in total. The third-order valence-electron chi connectivity index (χ3n) is 4.21. The first-order valence-corrected chi connectivity index (χ1v) is 9.04. The zero-order valence-electron chi connectivity index (χ0n) is 15.1. The first-order chi connectivity index (χ1) is 13.0. The highest BCUT2D eigenvalue weighted by Gasteiger charge is 2.25. The van der Waals surface area contributed by atoms with Gasteiger partial charge in [-0.1, -0.05) is 55.8 Å². The maximum Gasteiger partial charge on any atom is 0.253 e. The van der Waals surface area contributed by atoms with Gasteiger partial charge in [-0.25, -0.2) is 0 Å². The van der Waals surface area contributed by atoms with Crippen LogP contribution in [0.2, 0.25) is 5.02 Å². The normalized spacial score (nSPS) is 12.0. The number of anilines is 1. The second kappa shape index (κ2) is 8.18. The van der Waals surface area contributed by atoms with E-state index in [-0.39, 0.29) is 17.7 Å². The number of aromatic nitrogens is 1. The number of hydrogen-bond acceptors (Lipinski definition) is 3. The zero-order chi connectivity index (χ0) is 19.4. The lowest BCUT2D eigenvalue weighted by Crippen LogP contribution is -2.47. The second-order valence-corrected chi connectivity index (χ2v) is 6.99. The van der Waals surface area contributed by atoms with Crippen molar-refractivity contribution >= 4 is 40.0 Å². The topological polar surface area (TPSA) is 71.1 Å². The molecule has 6 heteroatoms. The minimum Gasteiger partial charge on any atom is -0.340 e. The highest BCUT2D eigenvalue weighted by Crippen LogP contribution is 2.18. The van der Waals surface area contributed by atoms with E-state index in [1.54, 1.807) is 30.5 Å². The lowest BCUT2D eigenvalue weighted by atomic mass is 10.0. The summed E-state index contributed by atoms with van der Waals surface area (Å²) < 4.78 is 0. The summed E-state index contributed by atoms with van der Waals surface area (Å²) in [5.41, 5.74) is 1.77. The van der Waals surface area contributed by atoms with Crippen molar-refractivity contribution in [1.82, 2.24) is 10.3 Å². The Balaban J connectivity index is 1.76. The molecule has 138 valence electrons. The molecule has 0 saturated carbocycles. The third-order valence-corrected chi connectivity index (χ3v) is 4.54. The summed E-state index contributed by atoms with van der Waals surface area (Å²) in [5, 5.41) is 6.88. The second-order valence-electron chi connectivity index (χ2n) is 6.58. The highest BCUT2D eigenvalue weighted by atomic mass is 35.5. The summed E-state index contributed by atoms with van der Waals surface area (Å²) >= 11 is 6.08. The largest absolute Gasteiger partial charge is 0.340 e. The average Bonchev–Trinajstić information content (AvgIpc) is 2.65. The van der Waals surface area contributed by atoms with Gasteiger partial charge in [0.1, 0.15) is 6.04 Å². The van der Waals surface area contributed by atoms with Crippen LogP contribution in [0.4, 0.5) is 5.69 Å². The molecule has 2 aromatic carbocycles. The Morgan fingerprint density at radius 2 is 1.74 bits per heavy atom. The lowest BCUT2D eigenvalue weighted by molar-refractivity contribution is -0.118. The van der Waals surface area contributed by atoms with E-state index in [9.17, 15) is 9.59 Å². The van der Waals surface area contributed by atoms with E-state index in [0.717, 1.165) is 10.9 Å². The van der Waals surface area contributed by atoms with Gasteiger partial charge >= 0.3 is 0 Å². The molecule has 3 aromatic rings. The van der Waals surface area contributed by atoms with Crippen molar-refractivity contribution < 1.29 is 9.59 Å². The summed E-state index contributed by atoms with van der Waals surface area (Å²) in [7, 11) is 0. The maximum absolute atomic E-state index is 12.8. The number of carbonyl (C=O) groups is 2. The van der Waals surface area contributed by atoms with Gasteiger partial charge in [-0.15, -0.1) is 0 Å². The van der Waals surface area contributed by atoms with Crippen LogP contribution in [0.15, 0.2) is 60.8 Å². The number of amides is 2. The van der Waals surface area contributed by atoms with E-state index >= 15 is 0 Å². The van der Waals surface area contributed by atoms with Gasteiger partial charge in [-0.05, 0) is 30.2 Å². The molecule has 1 heterocycles. The maximum atomic E-state index is 12.8. The monoisotopic (exact) mass is 381 g/mol. The van der Waals surface area contributed by atoms with Crippen LogP contribution in [0.1, 0.15) is 24.2 Å². The summed E-state index contributed by atoms with van der Waals surface area (Å²) in [5.74, 6) is -0.793. The fourth-order valence-electron chi connectivity index (χ4n) is 2.76. The SMILES string of the molecule is CC(C)C(NC(=O)c1ccccc1Cl)C(=O)Nc1cnc2ccccc2c1.